The summed E-state index contributed by atoms with van der Waals surface area (Å²) in [4.78, 5) is 16.4. The second-order valence-corrected chi connectivity index (χ2v) is 6.49. The molecule has 0 atom stereocenters. The Morgan fingerprint density at radius 3 is 2.43 bits per heavy atom. The summed E-state index contributed by atoms with van der Waals surface area (Å²) in [5.74, 6) is 0.517. The van der Waals surface area contributed by atoms with Gasteiger partial charge in [-0.25, -0.2) is 9.07 Å². The largest absolute Gasteiger partial charge is 0.339 e. The van der Waals surface area contributed by atoms with E-state index < -0.39 is 0 Å². The average Bonchev–Trinajstić information content (AvgIpc) is 3.18. The quantitative estimate of drug-likeness (QED) is 0.510. The van der Waals surface area contributed by atoms with Gasteiger partial charge in [-0.3, -0.25) is 4.79 Å². The molecule has 0 unspecified atom stereocenters. The first kappa shape index (κ1) is 18.1. The van der Waals surface area contributed by atoms with Gasteiger partial charge >= 0.3 is 0 Å². The average molecular weight is 397 g/mol. The van der Waals surface area contributed by atoms with Crippen LogP contribution in [0.1, 0.15) is 5.89 Å². The van der Waals surface area contributed by atoms with Crippen LogP contribution in [-0.4, -0.2) is 19.9 Å². The Labute approximate surface area is 164 Å². The number of halogens is 2. The molecule has 0 amide bonds. The molecule has 0 spiro atoms. The molecule has 0 aliphatic heterocycles. The summed E-state index contributed by atoms with van der Waals surface area (Å²) >= 11 is 5.88. The lowest BCUT2D eigenvalue weighted by Gasteiger charge is -2.06. The Morgan fingerprint density at radius 1 is 0.964 bits per heavy atom. The molecule has 4 aromatic rings. The van der Waals surface area contributed by atoms with Gasteiger partial charge < -0.3 is 4.52 Å². The number of hydrogen-bond acceptors (Lipinski definition) is 5. The Kier molecular flexibility index (Phi) is 4.99. The molecule has 0 radical (unpaired) electrons. The van der Waals surface area contributed by atoms with Gasteiger partial charge in [0.1, 0.15) is 5.82 Å². The van der Waals surface area contributed by atoms with Crippen LogP contribution in [0.2, 0.25) is 5.02 Å². The van der Waals surface area contributed by atoms with Crippen molar-refractivity contribution in [2.75, 3.05) is 0 Å². The smallest absolute Gasteiger partial charge is 0.266 e. The lowest BCUT2D eigenvalue weighted by Crippen LogP contribution is -2.23. The van der Waals surface area contributed by atoms with Gasteiger partial charge in [-0.2, -0.15) is 10.1 Å². The van der Waals surface area contributed by atoms with Crippen molar-refractivity contribution in [1.82, 2.24) is 19.9 Å². The molecular weight excluding hydrogens is 383 g/mol. The molecule has 0 saturated heterocycles. The molecule has 2 aromatic carbocycles. The van der Waals surface area contributed by atoms with Gasteiger partial charge in [-0.1, -0.05) is 16.8 Å². The normalized spacial score (nSPS) is 10.9. The van der Waals surface area contributed by atoms with E-state index in [2.05, 4.69) is 15.2 Å². The van der Waals surface area contributed by atoms with Gasteiger partial charge in [-0.15, -0.1) is 0 Å². The lowest BCUT2D eigenvalue weighted by atomic mass is 10.1. The van der Waals surface area contributed by atoms with E-state index in [1.165, 1.54) is 22.9 Å². The minimum atomic E-state index is -0.329. The van der Waals surface area contributed by atoms with Crippen molar-refractivity contribution < 1.29 is 8.91 Å². The predicted octanol–water partition coefficient (Wildman–Crippen LogP) is 4.00. The van der Waals surface area contributed by atoms with E-state index >= 15 is 0 Å². The molecule has 0 bridgehead atoms. The molecule has 6 nitrogen and oxygen atoms in total. The van der Waals surface area contributed by atoms with Crippen LogP contribution in [0, 0.1) is 5.82 Å². The molecular formula is C20H14ClFN4O2. The Hall–Kier alpha value is -3.32. The van der Waals surface area contributed by atoms with Crippen molar-refractivity contribution >= 4 is 11.6 Å². The van der Waals surface area contributed by atoms with Gasteiger partial charge in [0.2, 0.25) is 11.7 Å². The van der Waals surface area contributed by atoms with Gasteiger partial charge in [0.05, 0.1) is 12.2 Å². The fourth-order valence-electron chi connectivity index (χ4n) is 2.66. The maximum absolute atomic E-state index is 13.1. The molecule has 0 N–H and O–H groups in total. The van der Waals surface area contributed by atoms with Crippen molar-refractivity contribution in [3.05, 3.63) is 87.7 Å². The molecule has 0 aliphatic carbocycles. The fourth-order valence-corrected chi connectivity index (χ4v) is 2.78. The van der Waals surface area contributed by atoms with E-state index in [0.717, 1.165) is 11.1 Å². The summed E-state index contributed by atoms with van der Waals surface area (Å²) in [7, 11) is 0. The third kappa shape index (κ3) is 3.99. The molecule has 0 saturated carbocycles. The zero-order valence-electron chi connectivity index (χ0n) is 14.5. The Balaban J connectivity index is 1.50. The fraction of sp³-hybridized carbons (Fsp3) is 0.100. The number of benzene rings is 2. The van der Waals surface area contributed by atoms with Crippen LogP contribution in [0.5, 0.6) is 0 Å². The highest BCUT2D eigenvalue weighted by Crippen LogP contribution is 2.19. The van der Waals surface area contributed by atoms with Crippen LogP contribution in [0.3, 0.4) is 0 Å². The second-order valence-electron chi connectivity index (χ2n) is 6.06. The molecule has 140 valence electrons. The van der Waals surface area contributed by atoms with Crippen LogP contribution in [0.25, 0.3) is 22.6 Å². The van der Waals surface area contributed by atoms with Crippen molar-refractivity contribution in [2.24, 2.45) is 0 Å². The topological polar surface area (TPSA) is 73.8 Å². The van der Waals surface area contributed by atoms with Crippen molar-refractivity contribution in [2.45, 2.75) is 13.0 Å². The van der Waals surface area contributed by atoms with E-state index in [1.807, 2.05) is 0 Å². The molecule has 8 heteroatoms. The van der Waals surface area contributed by atoms with E-state index in [9.17, 15) is 9.18 Å². The van der Waals surface area contributed by atoms with Crippen molar-refractivity contribution in [3.63, 3.8) is 0 Å². The van der Waals surface area contributed by atoms with Gasteiger partial charge in [0.15, 0.2) is 0 Å². The van der Waals surface area contributed by atoms with Gasteiger partial charge in [-0.05, 0) is 54.6 Å². The van der Waals surface area contributed by atoms with E-state index in [0.29, 0.717) is 28.9 Å². The van der Waals surface area contributed by atoms with Crippen molar-refractivity contribution in [1.29, 1.82) is 0 Å². The summed E-state index contributed by atoms with van der Waals surface area (Å²) in [6.07, 6.45) is 0.348. The number of rotatable bonds is 5. The maximum Gasteiger partial charge on any atom is 0.266 e. The summed E-state index contributed by atoms with van der Waals surface area (Å²) in [5, 5.41) is 8.91. The number of hydrogen-bond donors (Lipinski definition) is 0. The van der Waals surface area contributed by atoms with E-state index in [-0.39, 0.29) is 17.9 Å². The molecule has 28 heavy (non-hydrogen) atoms. The van der Waals surface area contributed by atoms with Gasteiger partial charge in [0.25, 0.3) is 5.56 Å². The monoisotopic (exact) mass is 396 g/mol. The minimum absolute atomic E-state index is 0.247. The molecule has 2 heterocycles. The van der Waals surface area contributed by atoms with Crippen molar-refractivity contribution in [3.8, 4) is 22.6 Å². The molecule has 4 rings (SSSR count). The SMILES string of the molecule is O=c1ccc(-c2ccc(F)cc2)nn1CCc1nc(-c2ccc(Cl)cc2)no1. The maximum atomic E-state index is 13.1. The summed E-state index contributed by atoms with van der Waals surface area (Å²) in [6, 6.07) is 16.1. The number of aryl methyl sites for hydroxylation is 2. The van der Waals surface area contributed by atoms with Crippen LogP contribution < -0.4 is 5.56 Å². The first-order valence-electron chi connectivity index (χ1n) is 8.51. The highest BCUT2D eigenvalue weighted by molar-refractivity contribution is 6.30. The number of aromatic nitrogens is 4. The van der Waals surface area contributed by atoms with Crippen LogP contribution in [0.15, 0.2) is 70.0 Å². The third-order valence-electron chi connectivity index (χ3n) is 4.11. The predicted molar refractivity (Wildman–Crippen MR) is 102 cm³/mol. The standard InChI is InChI=1S/C20H14ClFN4O2/c21-15-5-1-14(2-6-15)20-23-18(28-25-20)11-12-26-19(27)10-9-17(24-26)13-3-7-16(22)8-4-13/h1-10H,11-12H2. The summed E-state index contributed by atoms with van der Waals surface area (Å²) < 4.78 is 19.7. The van der Waals surface area contributed by atoms with E-state index in [1.54, 1.807) is 42.5 Å². The Bertz CT molecular complexity index is 1150. The first-order valence-corrected chi connectivity index (χ1v) is 8.89. The lowest BCUT2D eigenvalue weighted by molar-refractivity contribution is 0.368. The Morgan fingerprint density at radius 2 is 1.68 bits per heavy atom. The minimum Gasteiger partial charge on any atom is -0.339 e. The van der Waals surface area contributed by atoms with Crippen LogP contribution in [-0.2, 0) is 13.0 Å². The number of nitrogens with zero attached hydrogens (tertiary/aromatic N) is 4. The summed E-state index contributed by atoms with van der Waals surface area (Å²) in [5.41, 5.74) is 1.83. The van der Waals surface area contributed by atoms with Gasteiger partial charge in [0, 0.05) is 28.6 Å². The third-order valence-corrected chi connectivity index (χ3v) is 4.37. The highest BCUT2D eigenvalue weighted by atomic mass is 35.5. The first-order chi connectivity index (χ1) is 13.6. The van der Waals surface area contributed by atoms with E-state index in [4.69, 9.17) is 16.1 Å². The zero-order valence-corrected chi connectivity index (χ0v) is 15.3. The molecule has 0 fully saturated rings. The van der Waals surface area contributed by atoms with Crippen LogP contribution in [0.4, 0.5) is 4.39 Å². The zero-order chi connectivity index (χ0) is 19.5. The molecule has 0 aliphatic rings. The van der Waals surface area contributed by atoms with Crippen LogP contribution >= 0.6 is 11.6 Å². The summed E-state index contributed by atoms with van der Waals surface area (Å²) in [6.45, 7) is 0.274. The second kappa shape index (κ2) is 7.74. The highest BCUT2D eigenvalue weighted by Gasteiger charge is 2.10. The molecule has 2 aromatic heterocycles.